The molecule has 2 heterocycles. The predicted molar refractivity (Wildman–Crippen MR) is 66.3 cm³/mol. The van der Waals surface area contributed by atoms with Crippen molar-refractivity contribution in [2.75, 3.05) is 26.3 Å². The maximum Gasteiger partial charge on any atom is 0.217 e. The molecule has 0 radical (unpaired) electrons. The molecule has 5 nitrogen and oxygen atoms in total. The molecule has 0 spiro atoms. The Hall–Kier alpha value is -0.170. The van der Waals surface area contributed by atoms with E-state index in [2.05, 4.69) is 17.0 Å². The smallest absolute Gasteiger partial charge is 0.217 e. The van der Waals surface area contributed by atoms with Gasteiger partial charge in [-0.3, -0.25) is 0 Å². The van der Waals surface area contributed by atoms with E-state index in [0.717, 1.165) is 25.9 Å². The van der Waals surface area contributed by atoms with Crippen molar-refractivity contribution in [2.24, 2.45) is 5.92 Å². The summed E-state index contributed by atoms with van der Waals surface area (Å²) in [6.07, 6.45) is 2.57. The molecule has 100 valence electrons. The molecular weight excluding hydrogens is 240 g/mol. The molecule has 2 rings (SSSR count). The zero-order chi connectivity index (χ0) is 12.3. The lowest BCUT2D eigenvalue weighted by Gasteiger charge is -2.32. The maximum absolute atomic E-state index is 12.2. The van der Waals surface area contributed by atoms with Crippen LogP contribution < -0.4 is 10.0 Å². The number of sulfonamides is 1. The van der Waals surface area contributed by atoms with E-state index in [4.69, 9.17) is 4.74 Å². The second-order valence-electron chi connectivity index (χ2n) is 5.08. The van der Waals surface area contributed by atoms with Gasteiger partial charge in [-0.15, -0.1) is 0 Å². The van der Waals surface area contributed by atoms with Gasteiger partial charge in [0.1, 0.15) is 0 Å². The number of ether oxygens (including phenoxy) is 1. The third-order valence-corrected chi connectivity index (χ3v) is 5.58. The molecule has 0 aromatic carbocycles. The van der Waals surface area contributed by atoms with E-state index in [1.54, 1.807) is 0 Å². The number of piperidine rings is 1. The van der Waals surface area contributed by atoms with Gasteiger partial charge >= 0.3 is 0 Å². The number of nitrogens with one attached hydrogen (secondary N) is 2. The SMILES string of the molecule is CC1CCNCC1NS(=O)(=O)C1CCCOC1. The number of rotatable bonds is 3. The third kappa shape index (κ3) is 3.40. The lowest BCUT2D eigenvalue weighted by atomic mass is 9.96. The summed E-state index contributed by atoms with van der Waals surface area (Å²) in [6.45, 7) is 4.84. The largest absolute Gasteiger partial charge is 0.380 e. The minimum atomic E-state index is -3.23. The Morgan fingerprint density at radius 3 is 2.82 bits per heavy atom. The summed E-state index contributed by atoms with van der Waals surface area (Å²) in [6, 6.07) is 0.0238. The molecular formula is C11H22N2O3S. The Morgan fingerprint density at radius 1 is 1.35 bits per heavy atom. The van der Waals surface area contributed by atoms with E-state index in [1.165, 1.54) is 0 Å². The molecule has 0 saturated carbocycles. The van der Waals surface area contributed by atoms with Crippen molar-refractivity contribution in [3.05, 3.63) is 0 Å². The van der Waals surface area contributed by atoms with E-state index < -0.39 is 10.0 Å². The Morgan fingerprint density at radius 2 is 2.18 bits per heavy atom. The molecule has 17 heavy (non-hydrogen) atoms. The molecule has 3 atom stereocenters. The molecule has 0 aliphatic carbocycles. The molecule has 2 aliphatic heterocycles. The van der Waals surface area contributed by atoms with Gasteiger partial charge in [0, 0.05) is 19.2 Å². The Balaban J connectivity index is 1.95. The summed E-state index contributed by atoms with van der Waals surface area (Å²) in [7, 11) is -3.23. The van der Waals surface area contributed by atoms with Gasteiger partial charge < -0.3 is 10.1 Å². The monoisotopic (exact) mass is 262 g/mol. The fourth-order valence-corrected chi connectivity index (χ4v) is 4.09. The van der Waals surface area contributed by atoms with E-state index >= 15 is 0 Å². The minimum Gasteiger partial charge on any atom is -0.380 e. The van der Waals surface area contributed by atoms with Gasteiger partial charge in [-0.2, -0.15) is 0 Å². The van der Waals surface area contributed by atoms with Crippen LogP contribution in [0.3, 0.4) is 0 Å². The summed E-state index contributed by atoms with van der Waals surface area (Å²) in [5, 5.41) is 2.86. The quantitative estimate of drug-likeness (QED) is 0.756. The summed E-state index contributed by atoms with van der Waals surface area (Å²) in [4.78, 5) is 0. The molecule has 0 bridgehead atoms. The molecule has 2 saturated heterocycles. The molecule has 2 aliphatic rings. The molecule has 3 unspecified atom stereocenters. The first-order valence-electron chi connectivity index (χ1n) is 6.39. The lowest BCUT2D eigenvalue weighted by Crippen LogP contribution is -2.53. The molecule has 2 fully saturated rings. The standard InChI is InChI=1S/C11H22N2O3S/c1-9-4-5-12-7-11(9)13-17(14,15)10-3-2-6-16-8-10/h9-13H,2-8H2,1H3. The summed E-state index contributed by atoms with van der Waals surface area (Å²) < 4.78 is 32.5. The van der Waals surface area contributed by atoms with E-state index in [9.17, 15) is 8.42 Å². The van der Waals surface area contributed by atoms with Crippen LogP contribution in [0.4, 0.5) is 0 Å². The van der Waals surface area contributed by atoms with Crippen LogP contribution in [0.1, 0.15) is 26.2 Å². The molecule has 0 amide bonds. The molecule has 2 N–H and O–H groups in total. The van der Waals surface area contributed by atoms with Crippen LogP contribution in [-0.2, 0) is 14.8 Å². The highest BCUT2D eigenvalue weighted by Gasteiger charge is 2.32. The fraction of sp³-hybridized carbons (Fsp3) is 1.00. The first-order valence-corrected chi connectivity index (χ1v) is 7.94. The summed E-state index contributed by atoms with van der Waals surface area (Å²) in [5.41, 5.74) is 0. The molecule has 6 heteroatoms. The second-order valence-corrected chi connectivity index (χ2v) is 7.07. The van der Waals surface area contributed by atoms with Gasteiger partial charge in [-0.1, -0.05) is 6.92 Å². The van der Waals surface area contributed by atoms with E-state index in [-0.39, 0.29) is 11.3 Å². The summed E-state index contributed by atoms with van der Waals surface area (Å²) in [5.74, 6) is 0.399. The first kappa shape index (κ1) is 13.3. The van der Waals surface area contributed by atoms with Crippen molar-refractivity contribution in [1.82, 2.24) is 10.0 Å². The second kappa shape index (κ2) is 5.65. The predicted octanol–water partition coefficient (Wildman–Crippen LogP) is 0.0828. The van der Waals surface area contributed by atoms with Gasteiger partial charge in [0.05, 0.1) is 11.9 Å². The van der Waals surface area contributed by atoms with Crippen molar-refractivity contribution in [2.45, 2.75) is 37.5 Å². The molecule has 0 aromatic rings. The van der Waals surface area contributed by atoms with Gasteiger partial charge in [-0.05, 0) is 31.7 Å². The highest BCUT2D eigenvalue weighted by Crippen LogP contribution is 2.17. The lowest BCUT2D eigenvalue weighted by molar-refractivity contribution is 0.0985. The minimum absolute atomic E-state index is 0.0238. The van der Waals surface area contributed by atoms with Crippen LogP contribution in [0.15, 0.2) is 0 Å². The number of hydrogen-bond acceptors (Lipinski definition) is 4. The van der Waals surface area contributed by atoms with Gasteiger partial charge in [0.2, 0.25) is 10.0 Å². The maximum atomic E-state index is 12.2. The highest BCUT2D eigenvalue weighted by molar-refractivity contribution is 7.90. The zero-order valence-corrected chi connectivity index (χ0v) is 11.1. The van der Waals surface area contributed by atoms with Crippen molar-refractivity contribution in [3.63, 3.8) is 0 Å². The average Bonchev–Trinajstić information content (AvgIpc) is 2.33. The van der Waals surface area contributed by atoms with Crippen LogP contribution in [0.25, 0.3) is 0 Å². The Kier molecular flexibility index (Phi) is 4.41. The topological polar surface area (TPSA) is 67.4 Å². The van der Waals surface area contributed by atoms with Crippen LogP contribution in [0.2, 0.25) is 0 Å². The van der Waals surface area contributed by atoms with Crippen LogP contribution >= 0.6 is 0 Å². The summed E-state index contributed by atoms with van der Waals surface area (Å²) >= 11 is 0. The first-order chi connectivity index (χ1) is 8.09. The van der Waals surface area contributed by atoms with Crippen LogP contribution in [0.5, 0.6) is 0 Å². The van der Waals surface area contributed by atoms with Gasteiger partial charge in [-0.25, -0.2) is 13.1 Å². The van der Waals surface area contributed by atoms with Crippen molar-refractivity contribution in [3.8, 4) is 0 Å². The highest BCUT2D eigenvalue weighted by atomic mass is 32.2. The van der Waals surface area contributed by atoms with E-state index in [0.29, 0.717) is 25.6 Å². The molecule has 0 aromatic heterocycles. The fourth-order valence-electron chi connectivity index (χ4n) is 2.41. The Labute approximate surface area is 103 Å². The normalized spacial score (nSPS) is 35.7. The van der Waals surface area contributed by atoms with Crippen molar-refractivity contribution < 1.29 is 13.2 Å². The van der Waals surface area contributed by atoms with Gasteiger partial charge in [0.15, 0.2) is 0 Å². The van der Waals surface area contributed by atoms with Crippen LogP contribution in [-0.4, -0.2) is 46.0 Å². The third-order valence-electron chi connectivity index (χ3n) is 3.70. The Bertz CT molecular complexity index is 339. The van der Waals surface area contributed by atoms with Crippen LogP contribution in [0, 0.1) is 5.92 Å². The van der Waals surface area contributed by atoms with Gasteiger partial charge in [0.25, 0.3) is 0 Å². The number of hydrogen-bond donors (Lipinski definition) is 2. The average molecular weight is 262 g/mol. The zero-order valence-electron chi connectivity index (χ0n) is 10.3. The van der Waals surface area contributed by atoms with Crippen molar-refractivity contribution >= 4 is 10.0 Å². The van der Waals surface area contributed by atoms with E-state index in [1.807, 2.05) is 0 Å². The van der Waals surface area contributed by atoms with Crippen molar-refractivity contribution in [1.29, 1.82) is 0 Å².